The molecular weight excluding hydrogens is 1270 g/mol. The first-order chi connectivity index (χ1) is 54.3. The Morgan fingerprint density at radius 1 is 0.314 bits per heavy atom. The number of rotatable bonds is 7. The fraction of sp³-hybridized carbons (Fsp3) is 0.333. The molecule has 12 aromatic rings. The first-order valence-electron chi connectivity index (χ1n) is 42.7. The van der Waals surface area contributed by atoms with Gasteiger partial charge in [-0.15, -0.1) is 0 Å². The van der Waals surface area contributed by atoms with E-state index in [1.165, 1.54) is 145 Å². The predicted octanol–water partition coefficient (Wildman–Crippen LogP) is 20.4. The summed E-state index contributed by atoms with van der Waals surface area (Å²) < 4.78 is 89.9. The van der Waals surface area contributed by atoms with Crippen molar-refractivity contribution in [1.29, 1.82) is 0 Å². The van der Waals surface area contributed by atoms with Gasteiger partial charge >= 0.3 is 0 Å². The normalized spacial score (nSPS) is 14.8. The van der Waals surface area contributed by atoms with Crippen LogP contribution >= 0.6 is 0 Å². The zero-order valence-electron chi connectivity index (χ0n) is 76.1. The van der Waals surface area contributed by atoms with Crippen LogP contribution in [-0.4, -0.2) is 0 Å². The minimum Gasteiger partial charge on any atom is -0.201 e. The first kappa shape index (κ1) is 64.8. The molecule has 0 saturated heterocycles. The summed E-state index contributed by atoms with van der Waals surface area (Å²) in [4.78, 5) is 0. The molecule has 0 saturated carbocycles. The van der Waals surface area contributed by atoms with Crippen molar-refractivity contribution in [2.75, 3.05) is 0 Å². The van der Waals surface area contributed by atoms with Crippen LogP contribution in [0.25, 0.3) is 67.5 Å². The first-order valence-corrected chi connectivity index (χ1v) is 37.7. The molecule has 0 fully saturated rings. The summed E-state index contributed by atoms with van der Waals surface area (Å²) in [6.07, 6.45) is 21.0. The average molecular weight is 1400 g/mol. The van der Waals surface area contributed by atoms with Crippen molar-refractivity contribution in [3.8, 4) is 67.5 Å². The van der Waals surface area contributed by atoms with E-state index in [1.807, 2.05) is 124 Å². The summed E-state index contributed by atoms with van der Waals surface area (Å²) in [5, 5.41) is 0. The number of pyridine rings is 6. The maximum absolute atomic E-state index is 8.30. The molecule has 0 radical (unpaired) electrons. The van der Waals surface area contributed by atoms with E-state index in [4.69, 9.17) is 13.7 Å². The highest BCUT2D eigenvalue weighted by Crippen LogP contribution is 2.33. The topological polar surface area (TPSA) is 23.3 Å². The second-order valence-electron chi connectivity index (χ2n) is 29.4. The molecule has 6 nitrogen and oxygen atoms in total. The van der Waals surface area contributed by atoms with Crippen LogP contribution in [0, 0.1) is 89.9 Å². The zero-order valence-corrected chi connectivity index (χ0v) is 66.1. The van der Waals surface area contributed by atoms with Crippen molar-refractivity contribution >= 4 is 0 Å². The van der Waals surface area contributed by atoms with E-state index in [1.54, 1.807) is 39.9 Å². The molecule has 3 aliphatic rings. The molecule has 3 aliphatic carbocycles. The van der Waals surface area contributed by atoms with Gasteiger partial charge in [0.1, 0.15) is 42.3 Å². The molecule has 0 bridgehead atoms. The summed E-state index contributed by atoms with van der Waals surface area (Å²) in [6.45, 7) is 17.2. The van der Waals surface area contributed by atoms with Crippen LogP contribution in [0.3, 0.4) is 0 Å². The SMILES string of the molecule is Cc1ccccc1-c1c2c(cc[n+]1C)CCCC2.Cc1ccccc1-c1cc2c(c[n+]1C)CCC2.Cc1ccccc1-c1cc2c(c[n+]1C)CCCC2.[2H]C([2H])([2H])C([2H])(C)c1ccc(-c2ccccc2C)[n+](C)c1C.[2H]C([2H])([2H])c1c(C)c(C)c(-c2ccccc2C)[n+](C)c1C.[2H]C([2H])([2H])c1ccc(-c2ccccc2C)[n+](C)c1C. The third-order valence-electron chi connectivity index (χ3n) is 22.3. The van der Waals surface area contributed by atoms with Crippen molar-refractivity contribution in [2.24, 2.45) is 42.3 Å². The Morgan fingerprint density at radius 3 is 1.16 bits per heavy atom. The standard InChI is InChI=1S/2C17H20N.2C17H22N.C16H18N.C15H18N/c1-13-7-3-6-10-16(13)17-11-14-8-4-5-9-15(14)12-18(17)2;1-13-7-3-5-9-15(13)17-16-10-6-4-8-14(16)11-12-18(17)2;1-11-9-7-8-10-16(11)17-14(4)12(2)13(3)15(5)18(17)6;1-12(2)15-10-11-17(18(5)14(15)4)16-9-7-6-8-13(16)3;1-12-6-3-4-9-15(12)16-10-13-7-5-8-14(13)11-17(16)2;1-11-9-10-15(16(4)13(11)3)14-8-6-5-7-12(14)2/h3,6-7,10-12H,4-5,8-9H2,1-2H3;3,5,7,9,11-12H,4,6,8,10H2,1-2H3;7-10H,1-6H3;6-12H,1-5H3;3-4,6,9-11H,5,7-8H2,1-2H3;5-10H,1-4H3/q6*+1/i;;3D3;1D3,12D;;1D3. The van der Waals surface area contributed by atoms with Crippen molar-refractivity contribution in [2.45, 2.75) is 180 Å². The van der Waals surface area contributed by atoms with Gasteiger partial charge in [0.05, 0.1) is 0 Å². The summed E-state index contributed by atoms with van der Waals surface area (Å²) >= 11 is 0. The number of nitrogens with zero attached hydrogens (tertiary/aromatic N) is 6. The number of aryl methyl sites for hydroxylation is 15. The van der Waals surface area contributed by atoms with Gasteiger partial charge in [0.25, 0.3) is 0 Å². The molecular formula is C99H120N6+6. The van der Waals surface area contributed by atoms with E-state index in [-0.39, 0.29) is 0 Å². The Labute approximate surface area is 646 Å². The summed E-state index contributed by atoms with van der Waals surface area (Å²) in [6, 6.07) is 64.7. The summed E-state index contributed by atoms with van der Waals surface area (Å²) in [7, 11) is 12.2. The number of fused-ring (bicyclic) bond motifs is 3. The van der Waals surface area contributed by atoms with Gasteiger partial charge in [-0.1, -0.05) is 123 Å². The summed E-state index contributed by atoms with van der Waals surface area (Å²) in [5.74, 6) is -1.63. The van der Waals surface area contributed by atoms with E-state index >= 15 is 0 Å². The van der Waals surface area contributed by atoms with Crippen molar-refractivity contribution < 1.29 is 41.1 Å². The predicted molar refractivity (Wildman–Crippen MR) is 439 cm³/mol. The molecule has 105 heavy (non-hydrogen) atoms. The van der Waals surface area contributed by atoms with Crippen LogP contribution in [0.5, 0.6) is 0 Å². The van der Waals surface area contributed by atoms with Gasteiger partial charge in [-0.2, -0.15) is 13.7 Å². The molecule has 0 spiro atoms. The molecule has 540 valence electrons. The average Bonchev–Trinajstić information content (AvgIpc) is 1.00. The largest absolute Gasteiger partial charge is 0.216 e. The molecule has 0 aliphatic heterocycles. The number of benzene rings is 6. The molecule has 6 aromatic carbocycles. The highest BCUT2D eigenvalue weighted by Gasteiger charge is 2.27. The van der Waals surface area contributed by atoms with E-state index < -0.39 is 26.4 Å². The third-order valence-corrected chi connectivity index (χ3v) is 22.3. The van der Waals surface area contributed by atoms with Crippen LogP contribution in [0.2, 0.25) is 0 Å². The maximum Gasteiger partial charge on any atom is 0.216 e. The molecule has 1 atom stereocenters. The monoisotopic (exact) mass is 1400 g/mol. The molecule has 1 unspecified atom stereocenters. The van der Waals surface area contributed by atoms with Gasteiger partial charge in [0.2, 0.25) is 34.2 Å². The fourth-order valence-electron chi connectivity index (χ4n) is 15.4. The quantitative estimate of drug-likeness (QED) is 0.142. The van der Waals surface area contributed by atoms with Crippen LogP contribution in [0.15, 0.2) is 207 Å². The fourth-order valence-corrected chi connectivity index (χ4v) is 15.4. The lowest BCUT2D eigenvalue weighted by molar-refractivity contribution is -0.667. The lowest BCUT2D eigenvalue weighted by Gasteiger charge is -2.17. The number of hydrogen-bond donors (Lipinski definition) is 0. The Hall–Kier alpha value is -9.78. The third kappa shape index (κ3) is 18.0. The lowest BCUT2D eigenvalue weighted by atomic mass is 9.88. The zero-order chi connectivity index (χ0) is 83.8. The van der Waals surface area contributed by atoms with Crippen molar-refractivity contribution in [3.05, 3.63) is 318 Å². The van der Waals surface area contributed by atoms with E-state index in [9.17, 15) is 0 Å². The number of aromatic nitrogens is 6. The van der Waals surface area contributed by atoms with Crippen LogP contribution < -0.4 is 27.4 Å². The van der Waals surface area contributed by atoms with E-state index in [0.29, 0.717) is 16.7 Å². The molecule has 0 amide bonds. The van der Waals surface area contributed by atoms with Crippen molar-refractivity contribution in [1.82, 2.24) is 0 Å². The smallest absolute Gasteiger partial charge is 0.201 e. The molecule has 0 N–H and O–H groups in total. The minimum atomic E-state index is -2.37. The van der Waals surface area contributed by atoms with Gasteiger partial charge in [-0.05, 0) is 250 Å². The Morgan fingerprint density at radius 2 is 0.705 bits per heavy atom. The minimum absolute atomic E-state index is 0.410. The van der Waals surface area contributed by atoms with Crippen molar-refractivity contribution in [3.63, 3.8) is 0 Å². The van der Waals surface area contributed by atoms with Crippen LogP contribution in [0.4, 0.5) is 0 Å². The molecule has 15 rings (SSSR count). The second-order valence-corrected chi connectivity index (χ2v) is 29.4. The Balaban J connectivity index is 0.000000146. The van der Waals surface area contributed by atoms with E-state index in [0.717, 1.165) is 67.5 Å². The van der Waals surface area contributed by atoms with Gasteiger partial charge in [-0.3, -0.25) is 0 Å². The molecule has 6 heterocycles. The highest BCUT2D eigenvalue weighted by molar-refractivity contribution is 5.68. The summed E-state index contributed by atoms with van der Waals surface area (Å²) in [5.41, 5.74) is 37.3. The van der Waals surface area contributed by atoms with Gasteiger partial charge in [0, 0.05) is 137 Å². The lowest BCUT2D eigenvalue weighted by Crippen LogP contribution is -2.37. The van der Waals surface area contributed by atoms with E-state index in [2.05, 4.69) is 216 Å². The van der Waals surface area contributed by atoms with Crippen LogP contribution in [0.1, 0.15) is 177 Å². The van der Waals surface area contributed by atoms with Gasteiger partial charge in [0.15, 0.2) is 35.7 Å². The van der Waals surface area contributed by atoms with Crippen LogP contribution in [-0.2, 0) is 80.8 Å². The Bertz CT molecular complexity index is 5480. The molecule has 6 heteroatoms. The second kappa shape index (κ2) is 35.3. The van der Waals surface area contributed by atoms with Gasteiger partial charge in [-0.25, -0.2) is 13.7 Å². The molecule has 6 aromatic heterocycles. The Kier molecular flexibility index (Phi) is 21.8. The highest BCUT2D eigenvalue weighted by atomic mass is 15.0. The van der Waals surface area contributed by atoms with Gasteiger partial charge < -0.3 is 0 Å². The number of hydrogen-bond acceptors (Lipinski definition) is 0. The maximum atomic E-state index is 8.30.